The molecule has 4 nitrogen and oxygen atoms in total. The van der Waals surface area contributed by atoms with Crippen LogP contribution in [0.25, 0.3) is 0 Å². The molecule has 0 fully saturated rings. The van der Waals surface area contributed by atoms with E-state index in [1.165, 1.54) is 0 Å². The van der Waals surface area contributed by atoms with E-state index in [4.69, 9.17) is 5.11 Å². The van der Waals surface area contributed by atoms with Gasteiger partial charge in [-0.05, 0) is 47.0 Å². The zero-order valence-corrected chi connectivity index (χ0v) is 11.2. The van der Waals surface area contributed by atoms with Gasteiger partial charge in [0.1, 0.15) is 6.04 Å². The Kier molecular flexibility index (Phi) is 4.69. The van der Waals surface area contributed by atoms with Crippen LogP contribution < -0.4 is 5.32 Å². The minimum absolute atomic E-state index is 0.352. The highest BCUT2D eigenvalue weighted by Crippen LogP contribution is 2.18. The summed E-state index contributed by atoms with van der Waals surface area (Å²) >= 11 is 3.29. The van der Waals surface area contributed by atoms with Crippen LogP contribution in [0.4, 0.5) is 0 Å². The van der Waals surface area contributed by atoms with Crippen LogP contribution >= 0.6 is 15.9 Å². The molecule has 1 amide bonds. The Bertz CT molecular complexity index is 445. The highest BCUT2D eigenvalue weighted by Gasteiger charge is 2.19. The zero-order valence-electron chi connectivity index (χ0n) is 9.66. The Balaban J connectivity index is 2.86. The van der Waals surface area contributed by atoms with E-state index in [1.807, 2.05) is 13.0 Å². The fourth-order valence-corrected chi connectivity index (χ4v) is 2.05. The van der Waals surface area contributed by atoms with Crippen molar-refractivity contribution in [2.45, 2.75) is 26.3 Å². The highest BCUT2D eigenvalue weighted by molar-refractivity contribution is 9.10. The molecule has 1 aromatic rings. The number of nitrogens with one attached hydrogen (secondary N) is 1. The summed E-state index contributed by atoms with van der Waals surface area (Å²) in [6.45, 7) is 3.63. The molecule has 5 heteroatoms. The van der Waals surface area contributed by atoms with Crippen LogP contribution in [0, 0.1) is 6.92 Å². The maximum Gasteiger partial charge on any atom is 0.326 e. The summed E-state index contributed by atoms with van der Waals surface area (Å²) in [5.74, 6) is -1.41. The number of hydrogen-bond acceptors (Lipinski definition) is 2. The predicted molar refractivity (Wildman–Crippen MR) is 68.1 cm³/mol. The number of hydrogen-bond donors (Lipinski definition) is 2. The average Bonchev–Trinajstić information content (AvgIpc) is 2.24. The number of rotatable bonds is 4. The highest BCUT2D eigenvalue weighted by atomic mass is 79.9. The van der Waals surface area contributed by atoms with E-state index in [2.05, 4.69) is 21.2 Å². The molecule has 0 saturated heterocycles. The first-order valence-electron chi connectivity index (χ1n) is 5.25. The second-order valence-corrected chi connectivity index (χ2v) is 4.61. The number of amides is 1. The van der Waals surface area contributed by atoms with E-state index < -0.39 is 12.0 Å². The Morgan fingerprint density at radius 2 is 2.12 bits per heavy atom. The van der Waals surface area contributed by atoms with Gasteiger partial charge in [-0.25, -0.2) is 4.79 Å². The third-order valence-electron chi connectivity index (χ3n) is 2.38. The van der Waals surface area contributed by atoms with Crippen molar-refractivity contribution in [2.24, 2.45) is 0 Å². The molecule has 0 unspecified atom stereocenters. The molecule has 0 spiro atoms. The maximum atomic E-state index is 11.8. The lowest BCUT2D eigenvalue weighted by Gasteiger charge is -2.13. The van der Waals surface area contributed by atoms with Gasteiger partial charge >= 0.3 is 5.97 Å². The molecule has 1 rings (SSSR count). The number of carbonyl (C=O) groups is 2. The van der Waals surface area contributed by atoms with E-state index in [0.29, 0.717) is 16.5 Å². The molecule has 1 aromatic carbocycles. The van der Waals surface area contributed by atoms with Gasteiger partial charge in [0, 0.05) is 4.47 Å². The summed E-state index contributed by atoms with van der Waals surface area (Å²) in [5, 5.41) is 11.3. The number of benzene rings is 1. The molecule has 2 N–H and O–H groups in total. The van der Waals surface area contributed by atoms with Gasteiger partial charge in [-0.1, -0.05) is 13.0 Å². The monoisotopic (exact) mass is 299 g/mol. The molecule has 1 atom stereocenters. The molecule has 17 heavy (non-hydrogen) atoms. The van der Waals surface area contributed by atoms with Gasteiger partial charge in [0.15, 0.2) is 0 Å². The third kappa shape index (κ3) is 3.56. The van der Waals surface area contributed by atoms with Crippen LogP contribution in [0.3, 0.4) is 0 Å². The summed E-state index contributed by atoms with van der Waals surface area (Å²) in [4.78, 5) is 22.7. The van der Waals surface area contributed by atoms with Crippen LogP contribution in [-0.2, 0) is 4.79 Å². The van der Waals surface area contributed by atoms with E-state index in [-0.39, 0.29) is 5.91 Å². The number of halogens is 1. The van der Waals surface area contributed by atoms with Gasteiger partial charge in [0.05, 0.1) is 5.56 Å². The molecule has 0 bridgehead atoms. The molecule has 0 aliphatic carbocycles. The van der Waals surface area contributed by atoms with Gasteiger partial charge in [0.25, 0.3) is 5.91 Å². The third-order valence-corrected chi connectivity index (χ3v) is 3.04. The van der Waals surface area contributed by atoms with Gasteiger partial charge in [0.2, 0.25) is 0 Å². The topological polar surface area (TPSA) is 66.4 Å². The largest absolute Gasteiger partial charge is 0.480 e. The van der Waals surface area contributed by atoms with E-state index >= 15 is 0 Å². The van der Waals surface area contributed by atoms with Crippen molar-refractivity contribution in [2.75, 3.05) is 0 Å². The van der Waals surface area contributed by atoms with Crippen LogP contribution in [0.15, 0.2) is 22.7 Å². The molecule has 92 valence electrons. The maximum absolute atomic E-state index is 11.8. The summed E-state index contributed by atoms with van der Waals surface area (Å²) in [6.07, 6.45) is 0.352. The number of aryl methyl sites for hydroxylation is 1. The molecule has 0 aliphatic rings. The van der Waals surface area contributed by atoms with Crippen molar-refractivity contribution in [1.82, 2.24) is 5.32 Å². The first-order valence-corrected chi connectivity index (χ1v) is 6.04. The molecule has 0 heterocycles. The standard InChI is InChI=1S/C12H14BrNO3/c1-3-10(12(16)17)14-11(15)8-5-4-7(2)6-9(8)13/h4-6,10H,3H2,1-2H3,(H,14,15)(H,16,17)/t10-/m0/s1. The molecule has 0 saturated carbocycles. The van der Waals surface area contributed by atoms with Crippen molar-refractivity contribution in [3.63, 3.8) is 0 Å². The van der Waals surface area contributed by atoms with Crippen LogP contribution in [0.5, 0.6) is 0 Å². The van der Waals surface area contributed by atoms with Crippen molar-refractivity contribution in [3.8, 4) is 0 Å². The van der Waals surface area contributed by atoms with Crippen molar-refractivity contribution >= 4 is 27.8 Å². The van der Waals surface area contributed by atoms with Crippen LogP contribution in [-0.4, -0.2) is 23.0 Å². The Hall–Kier alpha value is -1.36. The van der Waals surface area contributed by atoms with Crippen LogP contribution in [0.1, 0.15) is 29.3 Å². The second kappa shape index (κ2) is 5.82. The van der Waals surface area contributed by atoms with E-state index in [0.717, 1.165) is 5.56 Å². The predicted octanol–water partition coefficient (Wildman–Crippen LogP) is 2.35. The first kappa shape index (κ1) is 13.7. The molecule has 0 aromatic heterocycles. The van der Waals surface area contributed by atoms with E-state index in [1.54, 1.807) is 19.1 Å². The van der Waals surface area contributed by atoms with Crippen molar-refractivity contribution in [3.05, 3.63) is 33.8 Å². The molecular weight excluding hydrogens is 286 g/mol. The Morgan fingerprint density at radius 3 is 2.59 bits per heavy atom. The Labute approximate surface area is 108 Å². The number of aliphatic carboxylic acids is 1. The minimum atomic E-state index is -1.02. The zero-order chi connectivity index (χ0) is 13.0. The SMILES string of the molecule is CC[C@H](NC(=O)c1ccc(C)cc1Br)C(=O)O. The molecule has 0 aliphatic heterocycles. The fraction of sp³-hybridized carbons (Fsp3) is 0.333. The quantitative estimate of drug-likeness (QED) is 0.897. The van der Waals surface area contributed by atoms with Gasteiger partial charge in [-0.2, -0.15) is 0 Å². The first-order chi connectivity index (χ1) is 7.95. The van der Waals surface area contributed by atoms with Gasteiger partial charge in [-0.15, -0.1) is 0 Å². The molecular formula is C12H14BrNO3. The number of carboxylic acid groups (broad SMARTS) is 1. The minimum Gasteiger partial charge on any atom is -0.480 e. The smallest absolute Gasteiger partial charge is 0.326 e. The number of carbonyl (C=O) groups excluding carboxylic acids is 1. The second-order valence-electron chi connectivity index (χ2n) is 3.76. The average molecular weight is 300 g/mol. The lowest BCUT2D eigenvalue weighted by Crippen LogP contribution is -2.40. The Morgan fingerprint density at radius 1 is 1.47 bits per heavy atom. The summed E-state index contributed by atoms with van der Waals surface area (Å²) in [7, 11) is 0. The lowest BCUT2D eigenvalue weighted by atomic mass is 10.1. The lowest BCUT2D eigenvalue weighted by molar-refractivity contribution is -0.139. The van der Waals surface area contributed by atoms with Crippen molar-refractivity contribution < 1.29 is 14.7 Å². The summed E-state index contributed by atoms with van der Waals surface area (Å²) < 4.78 is 0.662. The number of carboxylic acids is 1. The van der Waals surface area contributed by atoms with Gasteiger partial charge in [-0.3, -0.25) is 4.79 Å². The molecule has 0 radical (unpaired) electrons. The van der Waals surface area contributed by atoms with Gasteiger partial charge < -0.3 is 10.4 Å². The summed E-state index contributed by atoms with van der Waals surface area (Å²) in [5.41, 5.74) is 1.47. The van der Waals surface area contributed by atoms with E-state index in [9.17, 15) is 9.59 Å². The fourth-order valence-electron chi connectivity index (χ4n) is 1.38. The normalized spacial score (nSPS) is 11.9. The summed E-state index contributed by atoms with van der Waals surface area (Å²) in [6, 6.07) is 4.44. The van der Waals surface area contributed by atoms with Crippen molar-refractivity contribution in [1.29, 1.82) is 0 Å². The van der Waals surface area contributed by atoms with Crippen LogP contribution in [0.2, 0.25) is 0 Å².